The zero-order valence-electron chi connectivity index (χ0n) is 41.5. The average molecular weight is 987 g/mol. The Hall–Kier alpha value is -7.51. The summed E-state index contributed by atoms with van der Waals surface area (Å²) >= 11 is 0. The highest BCUT2D eigenvalue weighted by Gasteiger charge is 2.39. The van der Waals surface area contributed by atoms with Crippen LogP contribution >= 0.6 is 0 Å². The van der Waals surface area contributed by atoms with Crippen molar-refractivity contribution in [3.05, 3.63) is 108 Å². The molecule has 8 amide bonds. The van der Waals surface area contributed by atoms with E-state index in [1.165, 1.54) is 0 Å². The number of nitrogens with zero attached hydrogens (tertiary/aromatic N) is 4. The molecule has 3 aliphatic rings. The van der Waals surface area contributed by atoms with E-state index in [-0.39, 0.29) is 36.9 Å². The molecule has 0 bridgehead atoms. The highest BCUT2D eigenvalue weighted by Crippen LogP contribution is 2.43. The number of nitrogens with one attached hydrogen (secondary N) is 5. The fourth-order valence-electron chi connectivity index (χ4n) is 9.12. The number of carbonyl (C=O) groups is 7. The number of rotatable bonds is 18. The Morgan fingerprint density at radius 3 is 2.19 bits per heavy atom. The van der Waals surface area contributed by atoms with Crippen LogP contribution in [0, 0.1) is 5.92 Å². The molecule has 19 nitrogen and oxygen atoms in total. The molecule has 4 aromatic rings. The molecule has 19 heteroatoms. The molecule has 0 aromatic heterocycles. The standard InChI is InChI=1S/C53H66N10O9/c1-6-47(65)62-34(4)29-45(43-9-7-8-10-44(43)62)63(53(70)72-32-36-11-13-38(14-12-36)58-50(67)35(5)56-51(68)49(54)33(2)3)40-19-15-37(16-20-40)57-46(64)30-55-52(69)59-39-17-22-42(23-18-39)71-28-27-60-25-26-61-41(31-60)21-24-48(61)66/h7-20,22-23,33-35,41,45,49H,6,21,24-32,54H2,1-5H3,(H,56,68)(H,57,64)(H,58,67)(H2,55,59,69)/t34-,35-,41-,45+,49-/m0/s1. The van der Waals surface area contributed by atoms with Crippen LogP contribution in [0.25, 0.3) is 0 Å². The summed E-state index contributed by atoms with van der Waals surface area (Å²) in [5.74, 6) is -0.540. The fraction of sp³-hybridized carbons (Fsp3) is 0.415. The second-order valence-corrected chi connectivity index (χ2v) is 18.7. The molecule has 0 radical (unpaired) electrons. The van der Waals surface area contributed by atoms with Crippen molar-refractivity contribution in [2.24, 2.45) is 11.7 Å². The molecular formula is C53H66N10O9. The van der Waals surface area contributed by atoms with Gasteiger partial charge in [-0.2, -0.15) is 0 Å². The van der Waals surface area contributed by atoms with Crippen molar-refractivity contribution in [1.82, 2.24) is 20.4 Å². The predicted molar refractivity (Wildman–Crippen MR) is 274 cm³/mol. The van der Waals surface area contributed by atoms with E-state index < -0.39 is 48.0 Å². The van der Waals surface area contributed by atoms with E-state index in [4.69, 9.17) is 15.2 Å². The van der Waals surface area contributed by atoms with Crippen molar-refractivity contribution >= 4 is 70.1 Å². The van der Waals surface area contributed by atoms with Crippen LogP contribution in [0.3, 0.4) is 0 Å². The Morgan fingerprint density at radius 2 is 1.49 bits per heavy atom. The summed E-state index contributed by atoms with van der Waals surface area (Å²) < 4.78 is 11.9. The summed E-state index contributed by atoms with van der Waals surface area (Å²) in [5.41, 5.74) is 9.93. The number of fused-ring (bicyclic) bond motifs is 2. The number of hydrogen-bond donors (Lipinski definition) is 6. The van der Waals surface area contributed by atoms with Crippen LogP contribution in [0.2, 0.25) is 0 Å². The maximum atomic E-state index is 14.4. The van der Waals surface area contributed by atoms with E-state index >= 15 is 0 Å². The van der Waals surface area contributed by atoms with E-state index in [0.29, 0.717) is 71.7 Å². The topological polar surface area (TPSA) is 237 Å². The first-order valence-electron chi connectivity index (χ1n) is 24.6. The van der Waals surface area contributed by atoms with Gasteiger partial charge in [0, 0.05) is 79.5 Å². The number of anilines is 5. The highest BCUT2D eigenvalue weighted by molar-refractivity contribution is 5.99. The van der Waals surface area contributed by atoms with Crippen molar-refractivity contribution < 1.29 is 43.0 Å². The van der Waals surface area contributed by atoms with Crippen LogP contribution < -0.4 is 46.9 Å². The van der Waals surface area contributed by atoms with Gasteiger partial charge in [0.05, 0.1) is 18.6 Å². The molecule has 0 unspecified atom stereocenters. The Labute approximate surface area is 420 Å². The SMILES string of the molecule is CCC(=O)N1c2ccccc2[C@H](N(C(=O)OCc2ccc(NC(=O)[C@H](C)NC(=O)[C@@H](N)C(C)C)cc2)c2ccc(NC(=O)CNC(=O)Nc3ccc(OCCN4CCN5C(=O)CC[C@H]5C4)cc3)cc2)C[C@@H]1C. The van der Waals surface area contributed by atoms with E-state index in [1.54, 1.807) is 89.5 Å². The molecular weight excluding hydrogens is 921 g/mol. The molecule has 0 aliphatic carbocycles. The van der Waals surface area contributed by atoms with Crippen molar-refractivity contribution in [2.45, 2.75) is 97.1 Å². The summed E-state index contributed by atoms with van der Waals surface area (Å²) in [4.78, 5) is 98.1. The number of para-hydroxylation sites is 1. The molecule has 5 atom stereocenters. The van der Waals surface area contributed by atoms with E-state index in [0.717, 1.165) is 38.2 Å². The normalized spacial score (nSPS) is 18.2. The third-order valence-corrected chi connectivity index (χ3v) is 13.2. The van der Waals surface area contributed by atoms with Crippen molar-refractivity contribution in [3.8, 4) is 5.75 Å². The van der Waals surface area contributed by atoms with Gasteiger partial charge in [0.2, 0.25) is 29.5 Å². The van der Waals surface area contributed by atoms with Crippen molar-refractivity contribution in [3.63, 3.8) is 0 Å². The summed E-state index contributed by atoms with van der Waals surface area (Å²) in [6.07, 6.45) is 1.61. The monoisotopic (exact) mass is 987 g/mol. The maximum absolute atomic E-state index is 14.4. The van der Waals surface area contributed by atoms with Crippen LogP contribution in [-0.2, 0) is 35.3 Å². The fourth-order valence-corrected chi connectivity index (χ4v) is 9.12. The van der Waals surface area contributed by atoms with Gasteiger partial charge < -0.3 is 51.6 Å². The number of urea groups is 1. The quantitative estimate of drug-likeness (QED) is 0.0679. The van der Waals surface area contributed by atoms with Crippen molar-refractivity contribution in [1.29, 1.82) is 0 Å². The van der Waals surface area contributed by atoms with Gasteiger partial charge in [0.25, 0.3) is 0 Å². The van der Waals surface area contributed by atoms with Crippen LogP contribution in [0.5, 0.6) is 5.75 Å². The molecule has 2 saturated heterocycles. The molecule has 7 rings (SSSR count). The minimum Gasteiger partial charge on any atom is -0.492 e. The molecule has 0 spiro atoms. The third kappa shape index (κ3) is 13.3. The lowest BCUT2D eigenvalue weighted by Crippen LogP contribution is -2.52. The molecule has 3 aliphatic heterocycles. The van der Waals surface area contributed by atoms with Crippen LogP contribution in [-0.4, -0.2) is 115 Å². The lowest BCUT2D eigenvalue weighted by molar-refractivity contribution is -0.130. The van der Waals surface area contributed by atoms with E-state index in [2.05, 4.69) is 31.5 Å². The molecule has 382 valence electrons. The predicted octanol–water partition coefficient (Wildman–Crippen LogP) is 5.98. The van der Waals surface area contributed by atoms with Crippen LogP contribution in [0.4, 0.5) is 38.0 Å². The van der Waals surface area contributed by atoms with Gasteiger partial charge in [-0.1, -0.05) is 51.1 Å². The van der Waals surface area contributed by atoms with Gasteiger partial charge in [-0.05, 0) is 110 Å². The van der Waals surface area contributed by atoms with Gasteiger partial charge in [-0.3, -0.25) is 33.8 Å². The van der Waals surface area contributed by atoms with Gasteiger partial charge in [0.15, 0.2) is 0 Å². The van der Waals surface area contributed by atoms with Gasteiger partial charge in [0.1, 0.15) is 25.0 Å². The average Bonchev–Trinajstić information content (AvgIpc) is 3.75. The summed E-state index contributed by atoms with van der Waals surface area (Å²) in [7, 11) is 0. The van der Waals surface area contributed by atoms with Gasteiger partial charge >= 0.3 is 12.1 Å². The van der Waals surface area contributed by atoms with Gasteiger partial charge in [-0.15, -0.1) is 0 Å². The summed E-state index contributed by atoms with van der Waals surface area (Å²) in [6.45, 7) is 12.2. The second kappa shape index (κ2) is 24.1. The number of ether oxygens (including phenoxy) is 2. The first-order valence-corrected chi connectivity index (χ1v) is 24.6. The maximum Gasteiger partial charge on any atom is 0.415 e. The summed E-state index contributed by atoms with van der Waals surface area (Å²) in [5, 5.41) is 13.5. The minimum atomic E-state index is -0.831. The Bertz CT molecular complexity index is 2580. The Balaban J connectivity index is 0.937. The Kier molecular flexibility index (Phi) is 17.5. The number of carbonyl (C=O) groups excluding carboxylic acids is 7. The first kappa shape index (κ1) is 52.3. The number of piperazine rings is 1. The van der Waals surface area contributed by atoms with E-state index in [9.17, 15) is 33.6 Å². The second-order valence-electron chi connectivity index (χ2n) is 18.7. The Morgan fingerprint density at radius 1 is 0.819 bits per heavy atom. The third-order valence-electron chi connectivity index (χ3n) is 13.2. The smallest absolute Gasteiger partial charge is 0.415 e. The van der Waals surface area contributed by atoms with E-state index in [1.807, 2.05) is 56.9 Å². The number of amides is 8. The zero-order valence-corrected chi connectivity index (χ0v) is 41.5. The molecule has 7 N–H and O–H groups in total. The van der Waals surface area contributed by atoms with Crippen LogP contribution in [0.1, 0.15) is 77.5 Å². The molecule has 0 saturated carbocycles. The summed E-state index contributed by atoms with van der Waals surface area (Å²) in [6, 6.07) is 25.2. The van der Waals surface area contributed by atoms with Crippen molar-refractivity contribution in [2.75, 3.05) is 65.1 Å². The largest absolute Gasteiger partial charge is 0.492 e. The molecule has 2 fully saturated rings. The lowest BCUT2D eigenvalue weighted by Gasteiger charge is -2.43. The minimum absolute atomic E-state index is 0.0372. The first-order chi connectivity index (χ1) is 34.6. The van der Waals surface area contributed by atoms with Gasteiger partial charge in [-0.25, -0.2) is 9.59 Å². The van der Waals surface area contributed by atoms with Crippen LogP contribution in [0.15, 0.2) is 97.1 Å². The zero-order chi connectivity index (χ0) is 51.5. The number of hydrogen-bond acceptors (Lipinski definition) is 11. The molecule has 4 aromatic carbocycles. The molecule has 72 heavy (non-hydrogen) atoms. The number of benzene rings is 4. The molecule has 3 heterocycles. The highest BCUT2D eigenvalue weighted by atomic mass is 16.6. The number of nitrogens with two attached hydrogens (primary N) is 1. The lowest BCUT2D eigenvalue weighted by atomic mass is 9.90.